The number of carbonyl (C=O) groups is 1. The number of aromatic amines is 1. The van der Waals surface area contributed by atoms with Gasteiger partial charge in [-0.3, -0.25) is 9.89 Å². The Hall–Kier alpha value is -1.32. The van der Waals surface area contributed by atoms with Gasteiger partial charge in [0.2, 0.25) is 0 Å². The second kappa shape index (κ2) is 4.51. The lowest BCUT2D eigenvalue weighted by molar-refractivity contribution is 0.0908. The van der Waals surface area contributed by atoms with E-state index in [-0.39, 0.29) is 5.91 Å². The summed E-state index contributed by atoms with van der Waals surface area (Å²) >= 11 is 0. The standard InChI is InChI=1S/C13H21N3O/c1-9-11(8-14-16-9)12(17)15-10-4-6-13(2,3)7-5-10/h8,10H,4-7H2,1-3H3,(H,14,16)(H,15,17). The normalized spacial score (nSPS) is 20.2. The number of hydrogen-bond donors (Lipinski definition) is 2. The van der Waals surface area contributed by atoms with Crippen LogP contribution in [0.1, 0.15) is 55.6 Å². The molecule has 0 spiro atoms. The Morgan fingerprint density at radius 1 is 1.47 bits per heavy atom. The molecule has 2 rings (SSSR count). The van der Waals surface area contributed by atoms with Gasteiger partial charge in [-0.1, -0.05) is 13.8 Å². The summed E-state index contributed by atoms with van der Waals surface area (Å²) in [5, 5.41) is 9.76. The Labute approximate surface area is 102 Å². The van der Waals surface area contributed by atoms with Crippen LogP contribution in [-0.2, 0) is 0 Å². The molecule has 1 fully saturated rings. The highest BCUT2D eigenvalue weighted by Gasteiger charge is 2.28. The lowest BCUT2D eigenvalue weighted by Gasteiger charge is -2.34. The zero-order chi connectivity index (χ0) is 12.5. The number of rotatable bonds is 2. The van der Waals surface area contributed by atoms with Gasteiger partial charge in [0, 0.05) is 11.7 Å². The molecular weight excluding hydrogens is 214 g/mol. The molecule has 0 atom stereocenters. The second-order valence-corrected chi connectivity index (χ2v) is 5.82. The summed E-state index contributed by atoms with van der Waals surface area (Å²) in [5.41, 5.74) is 1.93. The minimum Gasteiger partial charge on any atom is -0.349 e. The summed E-state index contributed by atoms with van der Waals surface area (Å²) in [4.78, 5) is 12.0. The van der Waals surface area contributed by atoms with Crippen molar-refractivity contribution in [2.24, 2.45) is 5.41 Å². The van der Waals surface area contributed by atoms with Crippen LogP contribution in [0.2, 0.25) is 0 Å². The fourth-order valence-corrected chi connectivity index (χ4v) is 2.39. The van der Waals surface area contributed by atoms with Gasteiger partial charge in [0.15, 0.2) is 0 Å². The minimum atomic E-state index is 0.000885. The van der Waals surface area contributed by atoms with Crippen LogP contribution in [0.25, 0.3) is 0 Å². The predicted octanol–water partition coefficient (Wildman–Crippen LogP) is 2.42. The largest absolute Gasteiger partial charge is 0.349 e. The van der Waals surface area contributed by atoms with Crippen LogP contribution in [0, 0.1) is 12.3 Å². The lowest BCUT2D eigenvalue weighted by atomic mass is 9.75. The maximum atomic E-state index is 12.0. The molecule has 0 bridgehead atoms. The average Bonchev–Trinajstić information content (AvgIpc) is 2.68. The van der Waals surface area contributed by atoms with Crippen molar-refractivity contribution in [3.63, 3.8) is 0 Å². The van der Waals surface area contributed by atoms with Crippen LogP contribution in [0.5, 0.6) is 0 Å². The molecule has 1 aromatic rings. The molecule has 1 heterocycles. The number of aromatic nitrogens is 2. The van der Waals surface area contributed by atoms with Gasteiger partial charge in [0.05, 0.1) is 11.8 Å². The third-order valence-electron chi connectivity index (χ3n) is 3.75. The first kappa shape index (κ1) is 12.1. The SMILES string of the molecule is Cc1[nH]ncc1C(=O)NC1CCC(C)(C)CC1. The smallest absolute Gasteiger partial charge is 0.254 e. The van der Waals surface area contributed by atoms with E-state index in [1.807, 2.05) is 6.92 Å². The Kier molecular flexibility index (Phi) is 3.22. The number of aryl methyl sites for hydroxylation is 1. The molecule has 94 valence electrons. The summed E-state index contributed by atoms with van der Waals surface area (Å²) < 4.78 is 0. The first-order valence-corrected chi connectivity index (χ1v) is 6.29. The van der Waals surface area contributed by atoms with E-state index >= 15 is 0 Å². The molecule has 0 unspecified atom stereocenters. The van der Waals surface area contributed by atoms with Crippen LogP contribution in [0.4, 0.5) is 0 Å². The number of amides is 1. The van der Waals surface area contributed by atoms with Crippen molar-refractivity contribution in [2.75, 3.05) is 0 Å². The summed E-state index contributed by atoms with van der Waals surface area (Å²) in [5.74, 6) is 0.000885. The third kappa shape index (κ3) is 2.87. The molecule has 1 aromatic heterocycles. The zero-order valence-corrected chi connectivity index (χ0v) is 10.8. The number of carbonyl (C=O) groups excluding carboxylic acids is 1. The van der Waals surface area contributed by atoms with E-state index in [1.54, 1.807) is 6.20 Å². The fourth-order valence-electron chi connectivity index (χ4n) is 2.39. The van der Waals surface area contributed by atoms with Gasteiger partial charge in [-0.2, -0.15) is 5.10 Å². The quantitative estimate of drug-likeness (QED) is 0.827. The Balaban J connectivity index is 1.91. The Morgan fingerprint density at radius 2 is 2.12 bits per heavy atom. The summed E-state index contributed by atoms with van der Waals surface area (Å²) in [6.45, 7) is 6.46. The van der Waals surface area contributed by atoms with Crippen molar-refractivity contribution in [2.45, 2.75) is 52.5 Å². The third-order valence-corrected chi connectivity index (χ3v) is 3.75. The van der Waals surface area contributed by atoms with Crippen molar-refractivity contribution < 1.29 is 4.79 Å². The molecule has 4 nitrogen and oxygen atoms in total. The van der Waals surface area contributed by atoms with Crippen LogP contribution in [0.15, 0.2) is 6.20 Å². The molecule has 0 radical (unpaired) electrons. The van der Waals surface area contributed by atoms with E-state index in [1.165, 1.54) is 12.8 Å². The number of hydrogen-bond acceptors (Lipinski definition) is 2. The van der Waals surface area contributed by atoms with Crippen molar-refractivity contribution in [1.82, 2.24) is 15.5 Å². The van der Waals surface area contributed by atoms with E-state index in [0.717, 1.165) is 18.5 Å². The van der Waals surface area contributed by atoms with Crippen LogP contribution < -0.4 is 5.32 Å². The number of nitrogens with zero attached hydrogens (tertiary/aromatic N) is 1. The molecule has 0 aliphatic heterocycles. The van der Waals surface area contributed by atoms with Gasteiger partial charge in [0.1, 0.15) is 0 Å². The number of H-pyrrole nitrogens is 1. The Morgan fingerprint density at radius 3 is 2.65 bits per heavy atom. The monoisotopic (exact) mass is 235 g/mol. The maximum Gasteiger partial charge on any atom is 0.254 e. The second-order valence-electron chi connectivity index (χ2n) is 5.82. The molecule has 0 aromatic carbocycles. The van der Waals surface area contributed by atoms with Crippen molar-refractivity contribution in [3.8, 4) is 0 Å². The van der Waals surface area contributed by atoms with Gasteiger partial charge in [-0.15, -0.1) is 0 Å². The van der Waals surface area contributed by atoms with Crippen molar-refractivity contribution in [1.29, 1.82) is 0 Å². The average molecular weight is 235 g/mol. The van der Waals surface area contributed by atoms with E-state index in [4.69, 9.17) is 0 Å². The van der Waals surface area contributed by atoms with Gasteiger partial charge < -0.3 is 5.32 Å². The Bertz CT molecular complexity index is 399. The molecule has 1 amide bonds. The highest BCUT2D eigenvalue weighted by molar-refractivity contribution is 5.95. The fraction of sp³-hybridized carbons (Fsp3) is 0.692. The molecule has 1 aliphatic rings. The summed E-state index contributed by atoms with van der Waals surface area (Å²) in [6.07, 6.45) is 6.12. The zero-order valence-electron chi connectivity index (χ0n) is 10.8. The molecule has 17 heavy (non-hydrogen) atoms. The van der Waals surface area contributed by atoms with Crippen LogP contribution in [-0.4, -0.2) is 22.1 Å². The molecule has 4 heteroatoms. The van der Waals surface area contributed by atoms with E-state index < -0.39 is 0 Å². The highest BCUT2D eigenvalue weighted by atomic mass is 16.1. The minimum absolute atomic E-state index is 0.000885. The predicted molar refractivity (Wildman–Crippen MR) is 66.8 cm³/mol. The first-order valence-electron chi connectivity index (χ1n) is 6.29. The topological polar surface area (TPSA) is 57.8 Å². The highest BCUT2D eigenvalue weighted by Crippen LogP contribution is 2.35. The van der Waals surface area contributed by atoms with E-state index in [2.05, 4.69) is 29.4 Å². The van der Waals surface area contributed by atoms with Crippen LogP contribution >= 0.6 is 0 Å². The van der Waals surface area contributed by atoms with Gasteiger partial charge in [0.25, 0.3) is 5.91 Å². The molecule has 1 saturated carbocycles. The van der Waals surface area contributed by atoms with Gasteiger partial charge in [-0.25, -0.2) is 0 Å². The molecule has 2 N–H and O–H groups in total. The van der Waals surface area contributed by atoms with E-state index in [0.29, 0.717) is 17.0 Å². The molecular formula is C13H21N3O. The number of nitrogens with one attached hydrogen (secondary N) is 2. The van der Waals surface area contributed by atoms with Crippen LogP contribution in [0.3, 0.4) is 0 Å². The van der Waals surface area contributed by atoms with Gasteiger partial charge in [-0.05, 0) is 38.0 Å². The molecule has 0 saturated heterocycles. The summed E-state index contributed by atoms with van der Waals surface area (Å²) in [7, 11) is 0. The lowest BCUT2D eigenvalue weighted by Crippen LogP contribution is -2.39. The first-order chi connectivity index (χ1) is 7.98. The van der Waals surface area contributed by atoms with Crippen molar-refractivity contribution >= 4 is 5.91 Å². The van der Waals surface area contributed by atoms with E-state index in [9.17, 15) is 4.79 Å². The maximum absolute atomic E-state index is 12.0. The molecule has 1 aliphatic carbocycles. The van der Waals surface area contributed by atoms with Gasteiger partial charge >= 0.3 is 0 Å². The summed E-state index contributed by atoms with van der Waals surface area (Å²) in [6, 6.07) is 0.324. The van der Waals surface area contributed by atoms with Crippen molar-refractivity contribution in [3.05, 3.63) is 17.5 Å².